The Labute approximate surface area is 140 Å². The molecule has 3 heteroatoms. The van der Waals surface area contributed by atoms with Crippen LogP contribution < -0.4 is 15.4 Å². The average Bonchev–Trinajstić information content (AvgIpc) is 2.55. The van der Waals surface area contributed by atoms with Crippen molar-refractivity contribution in [2.24, 2.45) is 0 Å². The normalized spacial score (nSPS) is 10.4. The van der Waals surface area contributed by atoms with Crippen LogP contribution in [0.4, 0.5) is 11.4 Å². The first-order chi connectivity index (χ1) is 11.2. The molecule has 0 saturated carbocycles. The van der Waals surface area contributed by atoms with E-state index in [-0.39, 0.29) is 0 Å². The highest BCUT2D eigenvalue weighted by molar-refractivity contribution is 5.52. The van der Waals surface area contributed by atoms with Crippen LogP contribution in [0.5, 0.6) is 5.75 Å². The monoisotopic (exact) mass is 312 g/mol. The van der Waals surface area contributed by atoms with Crippen LogP contribution in [-0.4, -0.2) is 19.7 Å². The van der Waals surface area contributed by atoms with Crippen molar-refractivity contribution in [3.05, 3.63) is 53.6 Å². The molecule has 0 radical (unpaired) electrons. The summed E-state index contributed by atoms with van der Waals surface area (Å²) in [6, 6.07) is 14.7. The quantitative estimate of drug-likeness (QED) is 0.639. The number of benzene rings is 2. The van der Waals surface area contributed by atoms with Crippen molar-refractivity contribution in [3.63, 3.8) is 0 Å². The van der Waals surface area contributed by atoms with Crippen LogP contribution in [0.3, 0.4) is 0 Å². The molecular weight excluding hydrogens is 284 g/mol. The summed E-state index contributed by atoms with van der Waals surface area (Å²) in [6.45, 7) is 8.99. The second kappa shape index (κ2) is 9.09. The number of rotatable bonds is 9. The minimum absolute atomic E-state index is 0.795. The van der Waals surface area contributed by atoms with Gasteiger partial charge < -0.3 is 15.4 Å². The number of ether oxygens (including phenoxy) is 1. The zero-order valence-corrected chi connectivity index (χ0v) is 14.5. The van der Waals surface area contributed by atoms with Gasteiger partial charge in [0, 0.05) is 24.5 Å². The lowest BCUT2D eigenvalue weighted by Crippen LogP contribution is -2.14. The molecule has 3 nitrogen and oxygen atoms in total. The van der Waals surface area contributed by atoms with Gasteiger partial charge in [-0.2, -0.15) is 0 Å². The van der Waals surface area contributed by atoms with Gasteiger partial charge in [-0.05, 0) is 56.2 Å². The van der Waals surface area contributed by atoms with Gasteiger partial charge in [-0.3, -0.25) is 0 Å². The summed E-state index contributed by atoms with van der Waals surface area (Å²) in [7, 11) is 0. The van der Waals surface area contributed by atoms with Crippen molar-refractivity contribution < 1.29 is 4.74 Å². The summed E-state index contributed by atoms with van der Waals surface area (Å²) < 4.78 is 5.67. The zero-order chi connectivity index (χ0) is 16.5. The summed E-state index contributed by atoms with van der Waals surface area (Å²) in [6.07, 6.45) is 2.26. The van der Waals surface area contributed by atoms with Crippen LogP contribution >= 0.6 is 0 Å². The minimum atomic E-state index is 0.795. The first kappa shape index (κ1) is 17.2. The van der Waals surface area contributed by atoms with Gasteiger partial charge in [0.2, 0.25) is 0 Å². The second-order valence-corrected chi connectivity index (χ2v) is 5.90. The molecule has 0 bridgehead atoms. The fraction of sp³-hybridized carbons (Fsp3) is 0.400. The Balaban J connectivity index is 1.71. The zero-order valence-electron chi connectivity index (χ0n) is 14.5. The van der Waals surface area contributed by atoms with E-state index in [1.165, 1.54) is 16.8 Å². The topological polar surface area (TPSA) is 33.3 Å². The van der Waals surface area contributed by atoms with Crippen molar-refractivity contribution >= 4 is 11.4 Å². The minimum Gasteiger partial charge on any atom is -0.494 e. The van der Waals surface area contributed by atoms with E-state index in [0.717, 1.165) is 44.0 Å². The van der Waals surface area contributed by atoms with E-state index in [2.05, 4.69) is 61.7 Å². The number of anilines is 2. The van der Waals surface area contributed by atoms with Gasteiger partial charge in [0.15, 0.2) is 0 Å². The van der Waals surface area contributed by atoms with Crippen LogP contribution in [-0.2, 0) is 0 Å². The van der Waals surface area contributed by atoms with Crippen molar-refractivity contribution in [3.8, 4) is 5.75 Å². The third kappa shape index (κ3) is 5.85. The van der Waals surface area contributed by atoms with E-state index in [1.54, 1.807) is 0 Å². The molecule has 0 fully saturated rings. The van der Waals surface area contributed by atoms with Crippen LogP contribution in [0.1, 0.15) is 30.9 Å². The van der Waals surface area contributed by atoms with Gasteiger partial charge in [0.05, 0.1) is 6.61 Å². The van der Waals surface area contributed by atoms with E-state index in [1.807, 2.05) is 12.1 Å². The Kier molecular flexibility index (Phi) is 6.79. The Morgan fingerprint density at radius 2 is 1.65 bits per heavy atom. The third-order valence-corrected chi connectivity index (χ3v) is 3.77. The van der Waals surface area contributed by atoms with Crippen molar-refractivity contribution in [2.75, 3.05) is 30.3 Å². The summed E-state index contributed by atoms with van der Waals surface area (Å²) >= 11 is 0. The highest BCUT2D eigenvalue weighted by atomic mass is 16.5. The molecule has 0 amide bonds. The molecule has 0 aliphatic heterocycles. The molecule has 2 aromatic carbocycles. The largest absolute Gasteiger partial charge is 0.494 e. The maximum atomic E-state index is 5.67. The maximum absolute atomic E-state index is 5.67. The van der Waals surface area contributed by atoms with Crippen LogP contribution in [0.2, 0.25) is 0 Å². The molecule has 124 valence electrons. The Morgan fingerprint density at radius 1 is 0.913 bits per heavy atom. The second-order valence-electron chi connectivity index (χ2n) is 5.90. The highest BCUT2D eigenvalue weighted by Gasteiger charge is 1.98. The van der Waals surface area contributed by atoms with E-state index in [4.69, 9.17) is 4.74 Å². The molecule has 0 aliphatic carbocycles. The van der Waals surface area contributed by atoms with E-state index < -0.39 is 0 Å². The number of unbranched alkanes of at least 4 members (excludes halogenated alkanes) is 1. The molecule has 0 spiro atoms. The first-order valence-electron chi connectivity index (χ1n) is 8.47. The molecule has 23 heavy (non-hydrogen) atoms. The summed E-state index contributed by atoms with van der Waals surface area (Å²) in [4.78, 5) is 0. The molecule has 0 unspecified atom stereocenters. The maximum Gasteiger partial charge on any atom is 0.119 e. The SMILES string of the molecule is CCCCOc1ccc(NCCNc2ccc(C)cc2C)cc1. The molecule has 2 N–H and O–H groups in total. The van der Waals surface area contributed by atoms with Crippen molar-refractivity contribution in [2.45, 2.75) is 33.6 Å². The number of hydrogen-bond donors (Lipinski definition) is 2. The smallest absolute Gasteiger partial charge is 0.119 e. The Bertz CT molecular complexity index is 593. The fourth-order valence-electron chi connectivity index (χ4n) is 2.42. The van der Waals surface area contributed by atoms with Crippen molar-refractivity contribution in [1.82, 2.24) is 0 Å². The Hall–Kier alpha value is -2.16. The van der Waals surface area contributed by atoms with Gasteiger partial charge in [0.1, 0.15) is 5.75 Å². The molecule has 0 aromatic heterocycles. The van der Waals surface area contributed by atoms with Gasteiger partial charge >= 0.3 is 0 Å². The lowest BCUT2D eigenvalue weighted by atomic mass is 10.1. The molecule has 0 heterocycles. The predicted octanol–water partition coefficient (Wildman–Crippen LogP) is 5.01. The fourth-order valence-corrected chi connectivity index (χ4v) is 2.42. The van der Waals surface area contributed by atoms with Gasteiger partial charge in [-0.1, -0.05) is 31.0 Å². The third-order valence-electron chi connectivity index (χ3n) is 3.77. The lowest BCUT2D eigenvalue weighted by Gasteiger charge is -2.12. The molecule has 2 rings (SSSR count). The van der Waals surface area contributed by atoms with Gasteiger partial charge in [-0.25, -0.2) is 0 Å². The average molecular weight is 312 g/mol. The van der Waals surface area contributed by atoms with E-state index >= 15 is 0 Å². The predicted molar refractivity (Wildman–Crippen MR) is 99.7 cm³/mol. The van der Waals surface area contributed by atoms with Crippen molar-refractivity contribution in [1.29, 1.82) is 0 Å². The summed E-state index contributed by atoms with van der Waals surface area (Å²) in [5, 5.41) is 6.89. The highest BCUT2D eigenvalue weighted by Crippen LogP contribution is 2.17. The van der Waals surface area contributed by atoms with Crippen LogP contribution in [0.25, 0.3) is 0 Å². The van der Waals surface area contributed by atoms with Crippen LogP contribution in [0, 0.1) is 13.8 Å². The van der Waals surface area contributed by atoms with E-state index in [9.17, 15) is 0 Å². The lowest BCUT2D eigenvalue weighted by molar-refractivity contribution is 0.309. The Morgan fingerprint density at radius 3 is 2.35 bits per heavy atom. The van der Waals surface area contributed by atoms with Gasteiger partial charge in [-0.15, -0.1) is 0 Å². The van der Waals surface area contributed by atoms with Crippen LogP contribution in [0.15, 0.2) is 42.5 Å². The molecule has 0 atom stereocenters. The number of nitrogens with one attached hydrogen (secondary N) is 2. The summed E-state index contributed by atoms with van der Waals surface area (Å²) in [5.74, 6) is 0.942. The van der Waals surface area contributed by atoms with E-state index in [0.29, 0.717) is 0 Å². The molecule has 0 aliphatic rings. The number of hydrogen-bond acceptors (Lipinski definition) is 3. The number of aryl methyl sites for hydroxylation is 2. The van der Waals surface area contributed by atoms with Gasteiger partial charge in [0.25, 0.3) is 0 Å². The molecule has 0 saturated heterocycles. The standard InChI is InChI=1S/C20H28N2O/c1-4-5-14-23-19-9-7-18(8-10-19)21-12-13-22-20-11-6-16(2)15-17(20)3/h6-11,15,21-22H,4-5,12-14H2,1-3H3. The molecular formula is C20H28N2O. The molecule has 2 aromatic rings. The summed E-state index contributed by atoms with van der Waals surface area (Å²) in [5.41, 5.74) is 4.92. The first-order valence-corrected chi connectivity index (χ1v) is 8.47.